The SMILES string of the molecule is CCC(Sc1nc(-c2ccccc2)cc(-c2cc(OC)c(OC)c(OC)c2)c1C#N)C(=O)Nc1ccc(C(N)=O)cc1. The van der Waals surface area contributed by atoms with E-state index in [1.54, 1.807) is 36.4 Å². The Morgan fingerprint density at radius 3 is 2.12 bits per heavy atom. The lowest BCUT2D eigenvalue weighted by molar-refractivity contribution is -0.115. The Morgan fingerprint density at radius 1 is 0.952 bits per heavy atom. The lowest BCUT2D eigenvalue weighted by Crippen LogP contribution is -2.25. The number of benzene rings is 3. The van der Waals surface area contributed by atoms with Gasteiger partial charge in [0.05, 0.1) is 37.8 Å². The van der Waals surface area contributed by atoms with Crippen molar-refractivity contribution < 1.29 is 23.8 Å². The van der Waals surface area contributed by atoms with E-state index in [2.05, 4.69) is 11.4 Å². The minimum Gasteiger partial charge on any atom is -0.493 e. The Kier molecular flexibility index (Phi) is 9.68. The molecular formula is C32H30N4O5S. The number of hydrogen-bond acceptors (Lipinski definition) is 8. The molecule has 0 aliphatic heterocycles. The first-order valence-electron chi connectivity index (χ1n) is 13.0. The van der Waals surface area contributed by atoms with Crippen LogP contribution in [0, 0.1) is 11.3 Å². The lowest BCUT2D eigenvalue weighted by atomic mass is 9.98. The molecule has 4 aromatic rings. The molecule has 0 saturated heterocycles. The summed E-state index contributed by atoms with van der Waals surface area (Å²) >= 11 is 1.21. The maximum atomic E-state index is 13.3. The first-order chi connectivity index (χ1) is 20.3. The van der Waals surface area contributed by atoms with Gasteiger partial charge in [0.1, 0.15) is 11.1 Å². The van der Waals surface area contributed by atoms with E-state index >= 15 is 0 Å². The topological polar surface area (TPSA) is 137 Å². The number of nitrogens with one attached hydrogen (secondary N) is 1. The fourth-order valence-corrected chi connectivity index (χ4v) is 5.36. The number of carbonyl (C=O) groups excluding carboxylic acids is 2. The zero-order valence-electron chi connectivity index (χ0n) is 23.6. The molecule has 1 unspecified atom stereocenters. The molecule has 0 fully saturated rings. The number of hydrogen-bond donors (Lipinski definition) is 2. The number of nitrogens with zero attached hydrogens (tertiary/aromatic N) is 2. The second-order valence-corrected chi connectivity index (χ2v) is 10.3. The van der Waals surface area contributed by atoms with Crippen LogP contribution < -0.4 is 25.3 Å². The number of ether oxygens (including phenoxy) is 3. The molecule has 214 valence electrons. The average Bonchev–Trinajstić information content (AvgIpc) is 3.02. The molecule has 0 spiro atoms. The summed E-state index contributed by atoms with van der Waals surface area (Å²) in [5.74, 6) is 0.499. The molecule has 2 amide bonds. The third kappa shape index (κ3) is 6.48. The van der Waals surface area contributed by atoms with E-state index in [4.69, 9.17) is 24.9 Å². The van der Waals surface area contributed by atoms with E-state index in [1.165, 1.54) is 33.1 Å². The van der Waals surface area contributed by atoms with Crippen molar-refractivity contribution in [2.75, 3.05) is 26.6 Å². The number of primary amides is 1. The number of anilines is 1. The van der Waals surface area contributed by atoms with Gasteiger partial charge in [-0.05, 0) is 54.4 Å². The molecule has 42 heavy (non-hydrogen) atoms. The van der Waals surface area contributed by atoms with E-state index in [0.717, 1.165) is 5.56 Å². The molecule has 4 rings (SSSR count). The summed E-state index contributed by atoms with van der Waals surface area (Å²) in [6, 6.07) is 23.6. The van der Waals surface area contributed by atoms with Gasteiger partial charge in [-0.3, -0.25) is 9.59 Å². The second-order valence-electron chi connectivity index (χ2n) is 9.07. The smallest absolute Gasteiger partial charge is 0.248 e. The van der Waals surface area contributed by atoms with Crippen LogP contribution in [0.3, 0.4) is 0 Å². The lowest BCUT2D eigenvalue weighted by Gasteiger charge is -2.19. The van der Waals surface area contributed by atoms with E-state index in [-0.39, 0.29) is 5.91 Å². The largest absolute Gasteiger partial charge is 0.493 e. The fourth-order valence-electron chi connectivity index (χ4n) is 4.33. The van der Waals surface area contributed by atoms with Crippen LogP contribution in [-0.2, 0) is 4.79 Å². The monoisotopic (exact) mass is 582 g/mol. The highest BCUT2D eigenvalue weighted by molar-refractivity contribution is 8.00. The van der Waals surface area contributed by atoms with E-state index in [1.807, 2.05) is 43.3 Å². The van der Waals surface area contributed by atoms with Crippen LogP contribution >= 0.6 is 11.8 Å². The summed E-state index contributed by atoms with van der Waals surface area (Å²) < 4.78 is 16.6. The molecule has 1 heterocycles. The molecule has 3 N–H and O–H groups in total. The van der Waals surface area contributed by atoms with Crippen molar-refractivity contribution in [1.82, 2.24) is 4.98 Å². The predicted octanol–water partition coefficient (Wildman–Crippen LogP) is 5.92. The molecule has 10 heteroatoms. The summed E-state index contributed by atoms with van der Waals surface area (Å²) in [7, 11) is 4.58. The van der Waals surface area contributed by atoms with Gasteiger partial charge in [-0.2, -0.15) is 5.26 Å². The Hall–Kier alpha value is -5.01. The minimum atomic E-state index is -0.570. The summed E-state index contributed by atoms with van der Waals surface area (Å²) in [5, 5.41) is 13.1. The molecule has 0 bridgehead atoms. The average molecular weight is 583 g/mol. The first kappa shape index (κ1) is 30.0. The van der Waals surface area contributed by atoms with Gasteiger partial charge in [-0.15, -0.1) is 0 Å². The van der Waals surface area contributed by atoms with Gasteiger partial charge >= 0.3 is 0 Å². The number of pyridine rings is 1. The molecular weight excluding hydrogens is 552 g/mol. The summed E-state index contributed by atoms with van der Waals surface area (Å²) in [6.45, 7) is 1.89. The van der Waals surface area contributed by atoms with Gasteiger partial charge in [-0.1, -0.05) is 49.0 Å². The van der Waals surface area contributed by atoms with Crippen molar-refractivity contribution in [3.05, 3.63) is 83.9 Å². The van der Waals surface area contributed by atoms with Gasteiger partial charge in [0.15, 0.2) is 11.5 Å². The van der Waals surface area contributed by atoms with Crippen molar-refractivity contribution in [3.8, 4) is 45.7 Å². The van der Waals surface area contributed by atoms with Crippen LogP contribution in [0.2, 0.25) is 0 Å². The predicted molar refractivity (Wildman–Crippen MR) is 163 cm³/mol. The van der Waals surface area contributed by atoms with Crippen molar-refractivity contribution >= 4 is 29.3 Å². The Morgan fingerprint density at radius 2 is 1.60 bits per heavy atom. The van der Waals surface area contributed by atoms with E-state index in [0.29, 0.717) is 62.3 Å². The van der Waals surface area contributed by atoms with Crippen molar-refractivity contribution in [2.24, 2.45) is 5.73 Å². The number of nitriles is 1. The van der Waals surface area contributed by atoms with Gasteiger partial charge in [-0.25, -0.2) is 4.98 Å². The molecule has 0 aliphatic carbocycles. The molecule has 3 aromatic carbocycles. The highest BCUT2D eigenvalue weighted by atomic mass is 32.2. The standard InChI is InChI=1S/C32H30N4O5S/c1-5-28(31(38)35-22-13-11-20(12-14-22)30(34)37)42-32-24(18-33)23(17-25(36-32)19-9-7-6-8-10-19)21-15-26(39-2)29(41-4)27(16-21)40-3/h6-17,28H,5H2,1-4H3,(H2,34,37)(H,35,38). The summed E-state index contributed by atoms with van der Waals surface area (Å²) in [4.78, 5) is 29.6. The number of carbonyl (C=O) groups is 2. The van der Waals surface area contributed by atoms with E-state index in [9.17, 15) is 14.9 Å². The quantitative estimate of drug-likeness (QED) is 0.208. The summed E-state index contributed by atoms with van der Waals surface area (Å²) in [5.41, 5.74) is 9.25. The van der Waals surface area contributed by atoms with Crippen LogP contribution in [0.4, 0.5) is 5.69 Å². The Bertz CT molecular complexity index is 1610. The first-order valence-corrected chi connectivity index (χ1v) is 13.9. The number of methoxy groups -OCH3 is 3. The van der Waals surface area contributed by atoms with Crippen molar-refractivity contribution in [3.63, 3.8) is 0 Å². The Balaban J connectivity index is 1.80. The van der Waals surface area contributed by atoms with Gasteiger partial charge in [0.25, 0.3) is 0 Å². The fraction of sp³-hybridized carbons (Fsp3) is 0.188. The van der Waals surface area contributed by atoms with Gasteiger partial charge < -0.3 is 25.3 Å². The molecule has 0 aliphatic rings. The van der Waals surface area contributed by atoms with Crippen LogP contribution in [0.25, 0.3) is 22.4 Å². The van der Waals surface area contributed by atoms with Crippen molar-refractivity contribution in [1.29, 1.82) is 5.26 Å². The van der Waals surface area contributed by atoms with Crippen molar-refractivity contribution in [2.45, 2.75) is 23.6 Å². The molecule has 0 radical (unpaired) electrons. The highest BCUT2D eigenvalue weighted by Gasteiger charge is 2.25. The number of rotatable bonds is 11. The molecule has 0 saturated carbocycles. The number of amides is 2. The van der Waals surface area contributed by atoms with Gasteiger partial charge in [0, 0.05) is 22.4 Å². The third-order valence-corrected chi connectivity index (χ3v) is 7.85. The number of thioether (sulfide) groups is 1. The van der Waals surface area contributed by atoms with Crippen LogP contribution in [0.15, 0.2) is 77.8 Å². The maximum Gasteiger partial charge on any atom is 0.248 e. The second kappa shape index (κ2) is 13.6. The molecule has 9 nitrogen and oxygen atoms in total. The zero-order chi connectivity index (χ0) is 30.2. The molecule has 1 aromatic heterocycles. The summed E-state index contributed by atoms with van der Waals surface area (Å²) in [6.07, 6.45) is 0.470. The zero-order valence-corrected chi connectivity index (χ0v) is 24.5. The molecule has 1 atom stereocenters. The maximum absolute atomic E-state index is 13.3. The number of aromatic nitrogens is 1. The highest BCUT2D eigenvalue weighted by Crippen LogP contribution is 2.44. The van der Waals surface area contributed by atoms with E-state index < -0.39 is 11.2 Å². The van der Waals surface area contributed by atoms with Crippen LogP contribution in [-0.4, -0.2) is 43.4 Å². The Labute approximate surface area is 248 Å². The van der Waals surface area contributed by atoms with Gasteiger partial charge in [0.2, 0.25) is 17.6 Å². The number of nitrogens with two attached hydrogens (primary N) is 1. The normalized spacial score (nSPS) is 11.2. The minimum absolute atomic E-state index is 0.264. The van der Waals surface area contributed by atoms with Crippen LogP contribution in [0.5, 0.6) is 17.2 Å². The van der Waals surface area contributed by atoms with Crippen LogP contribution in [0.1, 0.15) is 29.3 Å². The third-order valence-electron chi connectivity index (χ3n) is 6.50.